The molecule has 1 fully saturated rings. The summed E-state index contributed by atoms with van der Waals surface area (Å²) in [6, 6.07) is 17.9. The van der Waals surface area contributed by atoms with E-state index in [9.17, 15) is 4.79 Å². The van der Waals surface area contributed by atoms with Crippen molar-refractivity contribution < 1.29 is 9.53 Å². The second-order valence-electron chi connectivity index (χ2n) is 7.72. The third kappa shape index (κ3) is 6.68. The molecule has 0 radical (unpaired) electrons. The molecule has 1 amide bonds. The minimum atomic E-state index is -0.196. The maximum atomic E-state index is 12.5. The van der Waals surface area contributed by atoms with E-state index in [4.69, 9.17) is 4.74 Å². The molecule has 1 saturated carbocycles. The topological polar surface area (TPSA) is 50.4 Å². The van der Waals surface area contributed by atoms with Crippen LogP contribution in [0.3, 0.4) is 0 Å². The van der Waals surface area contributed by atoms with Crippen LogP contribution in [0.1, 0.15) is 57.4 Å². The predicted molar refractivity (Wildman–Crippen MR) is 115 cm³/mol. The highest BCUT2D eigenvalue weighted by atomic mass is 16.5. The summed E-state index contributed by atoms with van der Waals surface area (Å²) in [5.74, 6) is 0.808. The zero-order valence-corrected chi connectivity index (χ0v) is 16.8. The molecule has 1 aliphatic carbocycles. The van der Waals surface area contributed by atoms with Crippen molar-refractivity contribution >= 4 is 11.6 Å². The number of rotatable bonds is 7. The summed E-state index contributed by atoms with van der Waals surface area (Å²) in [7, 11) is 0. The standard InChI is InChI=1S/C24H32N2O2/c1-19(25-21-12-8-3-2-4-9-13-21)24(27)26-22-14-16-23(17-15-22)28-18-20-10-6-5-7-11-20/h5-7,10-11,14-17,19,21,25H,2-4,8-9,12-13,18H2,1H3,(H,26,27). The van der Waals surface area contributed by atoms with E-state index in [0.717, 1.165) is 17.0 Å². The molecule has 4 heteroatoms. The lowest BCUT2D eigenvalue weighted by Gasteiger charge is -2.24. The molecule has 0 aliphatic heterocycles. The van der Waals surface area contributed by atoms with E-state index < -0.39 is 0 Å². The Kier molecular flexibility index (Phi) is 7.92. The number of carbonyl (C=O) groups is 1. The van der Waals surface area contributed by atoms with Gasteiger partial charge >= 0.3 is 0 Å². The SMILES string of the molecule is CC(NC1CCCCCCC1)C(=O)Nc1ccc(OCc2ccccc2)cc1. The van der Waals surface area contributed by atoms with Crippen LogP contribution in [-0.4, -0.2) is 18.0 Å². The lowest BCUT2D eigenvalue weighted by molar-refractivity contribution is -0.118. The van der Waals surface area contributed by atoms with Gasteiger partial charge in [-0.05, 0) is 49.6 Å². The molecule has 4 nitrogen and oxygen atoms in total. The molecule has 1 unspecified atom stereocenters. The molecule has 1 aliphatic rings. The van der Waals surface area contributed by atoms with Crippen molar-refractivity contribution in [3.05, 3.63) is 60.2 Å². The Bertz CT molecular complexity index is 707. The third-order valence-electron chi connectivity index (χ3n) is 5.35. The fourth-order valence-electron chi connectivity index (χ4n) is 3.68. The molecule has 150 valence electrons. The second kappa shape index (κ2) is 10.9. The van der Waals surface area contributed by atoms with Gasteiger partial charge in [-0.25, -0.2) is 0 Å². The minimum absolute atomic E-state index is 0.0139. The van der Waals surface area contributed by atoms with Crippen molar-refractivity contribution in [2.45, 2.75) is 70.6 Å². The van der Waals surface area contributed by atoms with Gasteiger partial charge in [0.2, 0.25) is 5.91 Å². The lowest BCUT2D eigenvalue weighted by Crippen LogP contribution is -2.44. The summed E-state index contributed by atoms with van der Waals surface area (Å²) in [4.78, 5) is 12.5. The molecule has 0 spiro atoms. The summed E-state index contributed by atoms with van der Waals surface area (Å²) in [6.07, 6.45) is 8.85. The average Bonchev–Trinajstić information content (AvgIpc) is 2.70. The highest BCUT2D eigenvalue weighted by Gasteiger charge is 2.18. The molecule has 0 saturated heterocycles. The quantitative estimate of drug-likeness (QED) is 0.686. The van der Waals surface area contributed by atoms with Gasteiger partial charge in [0.1, 0.15) is 12.4 Å². The average molecular weight is 381 g/mol. The maximum absolute atomic E-state index is 12.5. The highest BCUT2D eigenvalue weighted by Crippen LogP contribution is 2.19. The first-order chi connectivity index (χ1) is 13.7. The fourth-order valence-corrected chi connectivity index (χ4v) is 3.68. The number of ether oxygens (including phenoxy) is 1. The Morgan fingerprint density at radius 3 is 2.29 bits per heavy atom. The number of amides is 1. The van der Waals surface area contributed by atoms with Crippen LogP contribution >= 0.6 is 0 Å². The van der Waals surface area contributed by atoms with Crippen molar-refractivity contribution in [3.63, 3.8) is 0 Å². The first kappa shape index (κ1) is 20.4. The van der Waals surface area contributed by atoms with Crippen molar-refractivity contribution in [1.82, 2.24) is 5.32 Å². The molecular weight excluding hydrogens is 348 g/mol. The maximum Gasteiger partial charge on any atom is 0.241 e. The van der Waals surface area contributed by atoms with Gasteiger partial charge in [0.05, 0.1) is 6.04 Å². The number of hydrogen-bond acceptors (Lipinski definition) is 3. The van der Waals surface area contributed by atoms with Crippen LogP contribution in [0, 0.1) is 0 Å². The van der Waals surface area contributed by atoms with Gasteiger partial charge in [-0.15, -0.1) is 0 Å². The number of carbonyl (C=O) groups excluding carboxylic acids is 1. The van der Waals surface area contributed by atoms with E-state index in [1.54, 1.807) is 0 Å². The predicted octanol–water partition coefficient (Wildman–Crippen LogP) is 5.30. The normalized spacial score (nSPS) is 16.6. The largest absolute Gasteiger partial charge is 0.489 e. The Labute approximate surface area is 168 Å². The van der Waals surface area contributed by atoms with Gasteiger partial charge in [-0.1, -0.05) is 62.4 Å². The van der Waals surface area contributed by atoms with Crippen LogP contribution in [0.15, 0.2) is 54.6 Å². The highest BCUT2D eigenvalue weighted by molar-refractivity contribution is 5.94. The molecule has 0 heterocycles. The number of hydrogen-bond donors (Lipinski definition) is 2. The van der Waals surface area contributed by atoms with E-state index in [1.165, 1.54) is 44.9 Å². The monoisotopic (exact) mass is 380 g/mol. The summed E-state index contributed by atoms with van der Waals surface area (Å²) >= 11 is 0. The van der Waals surface area contributed by atoms with Crippen molar-refractivity contribution in [3.8, 4) is 5.75 Å². The molecule has 2 aromatic carbocycles. The van der Waals surface area contributed by atoms with Crippen LogP contribution in [0.5, 0.6) is 5.75 Å². The van der Waals surface area contributed by atoms with E-state index in [1.807, 2.05) is 61.5 Å². The van der Waals surface area contributed by atoms with Crippen LogP contribution in [0.2, 0.25) is 0 Å². The van der Waals surface area contributed by atoms with E-state index in [2.05, 4.69) is 10.6 Å². The smallest absolute Gasteiger partial charge is 0.241 e. The Hall–Kier alpha value is -2.33. The molecule has 28 heavy (non-hydrogen) atoms. The van der Waals surface area contributed by atoms with Crippen molar-refractivity contribution in [2.24, 2.45) is 0 Å². The van der Waals surface area contributed by atoms with E-state index in [-0.39, 0.29) is 11.9 Å². The Balaban J connectivity index is 1.45. The molecule has 1 atom stereocenters. The summed E-state index contributed by atoms with van der Waals surface area (Å²) in [6.45, 7) is 2.49. The van der Waals surface area contributed by atoms with Gasteiger partial charge in [0.15, 0.2) is 0 Å². The van der Waals surface area contributed by atoms with Gasteiger partial charge in [0, 0.05) is 11.7 Å². The minimum Gasteiger partial charge on any atom is -0.489 e. The lowest BCUT2D eigenvalue weighted by atomic mass is 9.96. The Morgan fingerprint density at radius 2 is 1.61 bits per heavy atom. The molecule has 0 aromatic heterocycles. The van der Waals surface area contributed by atoms with Gasteiger partial charge in [-0.3, -0.25) is 4.79 Å². The first-order valence-electron chi connectivity index (χ1n) is 10.5. The number of benzene rings is 2. The van der Waals surface area contributed by atoms with E-state index >= 15 is 0 Å². The van der Waals surface area contributed by atoms with Crippen LogP contribution in [0.25, 0.3) is 0 Å². The molecule has 0 bridgehead atoms. The second-order valence-corrected chi connectivity index (χ2v) is 7.72. The molecular formula is C24H32N2O2. The Morgan fingerprint density at radius 1 is 0.964 bits per heavy atom. The van der Waals surface area contributed by atoms with Crippen LogP contribution in [0.4, 0.5) is 5.69 Å². The van der Waals surface area contributed by atoms with Crippen molar-refractivity contribution in [1.29, 1.82) is 0 Å². The zero-order valence-electron chi connectivity index (χ0n) is 16.8. The molecule has 2 N–H and O–H groups in total. The van der Waals surface area contributed by atoms with E-state index in [0.29, 0.717) is 12.6 Å². The molecule has 2 aromatic rings. The van der Waals surface area contributed by atoms with Gasteiger partial charge in [-0.2, -0.15) is 0 Å². The van der Waals surface area contributed by atoms with Gasteiger partial charge in [0.25, 0.3) is 0 Å². The van der Waals surface area contributed by atoms with Crippen molar-refractivity contribution in [2.75, 3.05) is 5.32 Å². The molecule has 3 rings (SSSR count). The summed E-state index contributed by atoms with van der Waals surface area (Å²) in [5, 5.41) is 6.52. The number of anilines is 1. The van der Waals surface area contributed by atoms with Crippen LogP contribution < -0.4 is 15.4 Å². The summed E-state index contributed by atoms with van der Waals surface area (Å²) < 4.78 is 5.80. The zero-order chi connectivity index (χ0) is 19.6. The van der Waals surface area contributed by atoms with Gasteiger partial charge < -0.3 is 15.4 Å². The number of nitrogens with one attached hydrogen (secondary N) is 2. The fraction of sp³-hybridized carbons (Fsp3) is 0.458. The third-order valence-corrected chi connectivity index (χ3v) is 5.35. The first-order valence-corrected chi connectivity index (χ1v) is 10.5. The van der Waals surface area contributed by atoms with Crippen LogP contribution in [-0.2, 0) is 11.4 Å². The summed E-state index contributed by atoms with van der Waals surface area (Å²) in [5.41, 5.74) is 1.93.